The Hall–Kier alpha value is -2.67. The number of carbonyl (C=O) groups excluding carboxylic acids is 1. The van der Waals surface area contributed by atoms with Gasteiger partial charge in [0.05, 0.1) is 23.5 Å². The molecule has 3 rings (SSSR count). The number of para-hydroxylation sites is 1. The predicted octanol–water partition coefficient (Wildman–Crippen LogP) is 2.86. The van der Waals surface area contributed by atoms with Crippen molar-refractivity contribution in [3.8, 4) is 16.9 Å². The number of methoxy groups -OCH3 is 1. The lowest BCUT2D eigenvalue weighted by Gasteiger charge is -2.04. The summed E-state index contributed by atoms with van der Waals surface area (Å²) in [6, 6.07) is 7.09. The highest BCUT2D eigenvalue weighted by atomic mass is 32.1. The van der Waals surface area contributed by atoms with Crippen LogP contribution in [0, 0.1) is 0 Å². The second-order valence-corrected chi connectivity index (χ2v) is 5.30. The summed E-state index contributed by atoms with van der Waals surface area (Å²) in [4.78, 5) is 19.5. The van der Waals surface area contributed by atoms with E-state index in [1.807, 2.05) is 24.3 Å². The molecular formula is C14H12N4O2S. The van der Waals surface area contributed by atoms with E-state index in [4.69, 9.17) is 10.5 Å². The number of amides is 2. The molecule has 2 heterocycles. The van der Waals surface area contributed by atoms with Gasteiger partial charge < -0.3 is 10.5 Å². The number of thiazole rings is 1. The van der Waals surface area contributed by atoms with Crippen LogP contribution >= 0.6 is 11.3 Å². The van der Waals surface area contributed by atoms with Crippen LogP contribution in [0.4, 0.5) is 9.93 Å². The smallest absolute Gasteiger partial charge is 0.318 e. The van der Waals surface area contributed by atoms with Crippen molar-refractivity contribution in [3.05, 3.63) is 36.7 Å². The zero-order chi connectivity index (χ0) is 14.8. The molecule has 106 valence electrons. The first-order chi connectivity index (χ1) is 10.2. The van der Waals surface area contributed by atoms with Gasteiger partial charge in [0.1, 0.15) is 5.75 Å². The van der Waals surface area contributed by atoms with Crippen LogP contribution in [0.2, 0.25) is 0 Å². The molecule has 0 bridgehead atoms. The standard InChI is InChI=1S/C14H12N4O2S/c1-20-9-5-8(6-16-7-9)10-3-2-4-11-12(10)17-14(21-11)18-13(15)19/h2-7H,1H3,(H3,15,17,18,19). The quantitative estimate of drug-likeness (QED) is 0.778. The molecule has 0 aliphatic carbocycles. The van der Waals surface area contributed by atoms with Gasteiger partial charge in [-0.15, -0.1) is 0 Å². The Balaban J connectivity index is 2.13. The fourth-order valence-electron chi connectivity index (χ4n) is 2.02. The minimum atomic E-state index is -0.626. The van der Waals surface area contributed by atoms with Crippen molar-refractivity contribution in [1.82, 2.24) is 9.97 Å². The van der Waals surface area contributed by atoms with Crippen molar-refractivity contribution >= 4 is 32.7 Å². The van der Waals surface area contributed by atoms with Crippen LogP contribution in [0.15, 0.2) is 36.7 Å². The third-order valence-corrected chi connectivity index (χ3v) is 3.85. The van der Waals surface area contributed by atoms with Crippen molar-refractivity contribution in [2.75, 3.05) is 12.4 Å². The summed E-state index contributed by atoms with van der Waals surface area (Å²) in [5.74, 6) is 0.676. The topological polar surface area (TPSA) is 90.1 Å². The monoisotopic (exact) mass is 300 g/mol. The fourth-order valence-corrected chi connectivity index (χ4v) is 2.91. The van der Waals surface area contributed by atoms with E-state index in [0.29, 0.717) is 10.9 Å². The van der Waals surface area contributed by atoms with Gasteiger partial charge in [0.2, 0.25) is 0 Å². The van der Waals surface area contributed by atoms with E-state index in [1.165, 1.54) is 11.3 Å². The molecule has 0 saturated heterocycles. The van der Waals surface area contributed by atoms with Crippen LogP contribution in [0.1, 0.15) is 0 Å². The number of hydrogen-bond donors (Lipinski definition) is 2. The van der Waals surface area contributed by atoms with E-state index >= 15 is 0 Å². The summed E-state index contributed by atoms with van der Waals surface area (Å²) in [6.07, 6.45) is 3.39. The Bertz CT molecular complexity index is 816. The molecule has 2 aromatic heterocycles. The van der Waals surface area contributed by atoms with E-state index in [0.717, 1.165) is 21.3 Å². The number of carbonyl (C=O) groups is 1. The molecule has 0 unspecified atom stereocenters. The molecule has 3 N–H and O–H groups in total. The first-order valence-corrected chi connectivity index (χ1v) is 6.94. The molecule has 0 saturated carbocycles. The van der Waals surface area contributed by atoms with Crippen molar-refractivity contribution in [2.45, 2.75) is 0 Å². The van der Waals surface area contributed by atoms with Crippen LogP contribution in [-0.2, 0) is 0 Å². The van der Waals surface area contributed by atoms with Gasteiger partial charge in [0.25, 0.3) is 0 Å². The first-order valence-electron chi connectivity index (χ1n) is 6.13. The van der Waals surface area contributed by atoms with Crippen LogP contribution < -0.4 is 15.8 Å². The van der Waals surface area contributed by atoms with Gasteiger partial charge in [-0.3, -0.25) is 10.3 Å². The summed E-state index contributed by atoms with van der Waals surface area (Å²) in [5, 5.41) is 2.97. The second-order valence-electron chi connectivity index (χ2n) is 4.27. The number of urea groups is 1. The lowest BCUT2D eigenvalue weighted by atomic mass is 10.1. The summed E-state index contributed by atoms with van der Waals surface area (Å²) in [5.41, 5.74) is 7.74. The Kier molecular flexibility index (Phi) is 3.41. The number of ether oxygens (including phenoxy) is 1. The van der Waals surface area contributed by atoms with Crippen molar-refractivity contribution in [2.24, 2.45) is 5.73 Å². The zero-order valence-corrected chi connectivity index (χ0v) is 12.0. The molecule has 0 radical (unpaired) electrons. The largest absolute Gasteiger partial charge is 0.495 e. The maximum absolute atomic E-state index is 10.9. The van der Waals surface area contributed by atoms with Crippen LogP contribution in [0.3, 0.4) is 0 Å². The van der Waals surface area contributed by atoms with Gasteiger partial charge in [-0.25, -0.2) is 9.78 Å². The van der Waals surface area contributed by atoms with E-state index in [2.05, 4.69) is 15.3 Å². The molecule has 0 atom stereocenters. The highest BCUT2D eigenvalue weighted by Gasteiger charge is 2.11. The van der Waals surface area contributed by atoms with E-state index in [1.54, 1.807) is 19.5 Å². The maximum Gasteiger partial charge on any atom is 0.318 e. The Morgan fingerprint density at radius 2 is 2.24 bits per heavy atom. The fraction of sp³-hybridized carbons (Fsp3) is 0.0714. The highest BCUT2D eigenvalue weighted by molar-refractivity contribution is 7.22. The minimum Gasteiger partial charge on any atom is -0.495 e. The number of rotatable bonds is 3. The second kappa shape index (κ2) is 5.37. The lowest BCUT2D eigenvalue weighted by molar-refractivity contribution is 0.259. The van der Waals surface area contributed by atoms with Gasteiger partial charge in [-0.2, -0.15) is 0 Å². The van der Waals surface area contributed by atoms with Gasteiger partial charge in [-0.1, -0.05) is 23.5 Å². The molecular weight excluding hydrogens is 288 g/mol. The number of nitrogens with two attached hydrogens (primary N) is 1. The third-order valence-electron chi connectivity index (χ3n) is 2.91. The molecule has 0 aliphatic heterocycles. The number of nitrogens with one attached hydrogen (secondary N) is 1. The van der Waals surface area contributed by atoms with Crippen molar-refractivity contribution < 1.29 is 9.53 Å². The number of hydrogen-bond acceptors (Lipinski definition) is 5. The van der Waals surface area contributed by atoms with Crippen molar-refractivity contribution in [1.29, 1.82) is 0 Å². The molecule has 1 aromatic carbocycles. The molecule has 21 heavy (non-hydrogen) atoms. The molecule has 0 aliphatic rings. The SMILES string of the molecule is COc1cncc(-c2cccc3sc(NC(N)=O)nc23)c1. The van der Waals surface area contributed by atoms with Gasteiger partial charge >= 0.3 is 6.03 Å². The number of fused-ring (bicyclic) bond motifs is 1. The normalized spacial score (nSPS) is 10.5. The molecule has 0 spiro atoms. The van der Waals surface area contributed by atoms with Crippen LogP contribution in [0.5, 0.6) is 5.75 Å². The summed E-state index contributed by atoms with van der Waals surface area (Å²) >= 11 is 1.37. The van der Waals surface area contributed by atoms with E-state index in [9.17, 15) is 4.79 Å². The Labute approximate surface area is 124 Å². The summed E-state index contributed by atoms with van der Waals surface area (Å²) < 4.78 is 6.15. The Morgan fingerprint density at radius 3 is 3.00 bits per heavy atom. The number of primary amides is 1. The molecule has 0 fully saturated rings. The zero-order valence-electron chi connectivity index (χ0n) is 11.2. The van der Waals surface area contributed by atoms with Gasteiger partial charge in [0, 0.05) is 17.3 Å². The minimum absolute atomic E-state index is 0.473. The van der Waals surface area contributed by atoms with Crippen LogP contribution in [0.25, 0.3) is 21.3 Å². The average molecular weight is 300 g/mol. The van der Waals surface area contributed by atoms with Gasteiger partial charge in [0.15, 0.2) is 5.13 Å². The van der Waals surface area contributed by atoms with Gasteiger partial charge in [-0.05, 0) is 12.1 Å². The van der Waals surface area contributed by atoms with Crippen LogP contribution in [-0.4, -0.2) is 23.1 Å². The first kappa shape index (κ1) is 13.3. The summed E-state index contributed by atoms with van der Waals surface area (Å²) in [6.45, 7) is 0. The maximum atomic E-state index is 10.9. The average Bonchev–Trinajstić information content (AvgIpc) is 2.88. The molecule has 3 aromatic rings. The highest BCUT2D eigenvalue weighted by Crippen LogP contribution is 2.34. The lowest BCUT2D eigenvalue weighted by Crippen LogP contribution is -2.18. The molecule has 7 heteroatoms. The number of pyridine rings is 1. The van der Waals surface area contributed by atoms with Crippen molar-refractivity contribution in [3.63, 3.8) is 0 Å². The predicted molar refractivity (Wildman–Crippen MR) is 82.6 cm³/mol. The molecule has 6 nitrogen and oxygen atoms in total. The molecule has 2 amide bonds. The number of benzene rings is 1. The third kappa shape index (κ3) is 2.63. The number of anilines is 1. The van der Waals surface area contributed by atoms with E-state index < -0.39 is 6.03 Å². The van der Waals surface area contributed by atoms with E-state index in [-0.39, 0.29) is 0 Å². The number of nitrogens with zero attached hydrogens (tertiary/aromatic N) is 2. The number of aromatic nitrogens is 2. The Morgan fingerprint density at radius 1 is 1.38 bits per heavy atom. The summed E-state index contributed by atoms with van der Waals surface area (Å²) in [7, 11) is 1.60.